The lowest BCUT2D eigenvalue weighted by Gasteiger charge is -2.29. The van der Waals surface area contributed by atoms with Gasteiger partial charge in [-0.15, -0.1) is 0 Å². The number of pyridine rings is 1. The van der Waals surface area contributed by atoms with E-state index >= 15 is 0 Å². The van der Waals surface area contributed by atoms with E-state index in [4.69, 9.17) is 16.3 Å². The Hall–Kier alpha value is -3.99. The third kappa shape index (κ3) is 5.26. The second-order valence-corrected chi connectivity index (χ2v) is 10.1. The van der Waals surface area contributed by atoms with Crippen LogP contribution in [0.2, 0.25) is 5.02 Å². The Morgan fingerprint density at radius 2 is 1.97 bits per heavy atom. The molecule has 3 aromatic rings. The van der Waals surface area contributed by atoms with Crippen molar-refractivity contribution in [3.8, 4) is 11.3 Å². The number of imidazole rings is 1. The maximum atomic E-state index is 13.2. The molecule has 1 aliphatic heterocycles. The van der Waals surface area contributed by atoms with Crippen LogP contribution in [0.1, 0.15) is 48.3 Å². The summed E-state index contributed by atoms with van der Waals surface area (Å²) in [5.74, 6) is -0.326. The van der Waals surface area contributed by atoms with Gasteiger partial charge < -0.3 is 19.5 Å². The summed E-state index contributed by atoms with van der Waals surface area (Å²) in [7, 11) is 1.75. The Morgan fingerprint density at radius 3 is 2.65 bits per heavy atom. The average molecular weight is 527 g/mol. The molecule has 2 aromatic heterocycles. The first-order chi connectivity index (χ1) is 17.4. The SMILES string of the molecule is Cc1c(-c2nccc(NC(=O)c3nc4c(n3C)CCN(C(=O)OC(C)(C)C)C4)c2Cl)cccc1[N+](=O)[O-]. The molecule has 37 heavy (non-hydrogen) atoms. The van der Waals surface area contributed by atoms with E-state index in [0.717, 1.165) is 5.69 Å². The summed E-state index contributed by atoms with van der Waals surface area (Å²) < 4.78 is 7.17. The minimum Gasteiger partial charge on any atom is -0.444 e. The number of hydrogen-bond acceptors (Lipinski definition) is 7. The molecule has 0 radical (unpaired) electrons. The summed E-state index contributed by atoms with van der Waals surface area (Å²) >= 11 is 6.59. The molecule has 2 amide bonds. The number of carbonyl (C=O) groups excluding carboxylic acids is 2. The van der Waals surface area contributed by atoms with E-state index in [2.05, 4.69) is 15.3 Å². The number of benzene rings is 1. The highest BCUT2D eigenvalue weighted by atomic mass is 35.5. The highest BCUT2D eigenvalue weighted by Gasteiger charge is 2.30. The van der Waals surface area contributed by atoms with Gasteiger partial charge in [-0.05, 0) is 33.8 Å². The number of hydrogen-bond donors (Lipinski definition) is 1. The molecule has 194 valence electrons. The number of aromatic nitrogens is 3. The van der Waals surface area contributed by atoms with Crippen molar-refractivity contribution in [2.75, 3.05) is 11.9 Å². The Labute approximate surface area is 218 Å². The number of anilines is 1. The predicted octanol–water partition coefficient (Wildman–Crippen LogP) is 4.90. The van der Waals surface area contributed by atoms with E-state index in [1.807, 2.05) is 0 Å². The van der Waals surface area contributed by atoms with Gasteiger partial charge in [0, 0.05) is 49.1 Å². The third-order valence-electron chi connectivity index (χ3n) is 6.00. The molecule has 0 aliphatic carbocycles. The Kier molecular flexibility index (Phi) is 6.92. The number of nitrogens with zero attached hydrogens (tertiary/aromatic N) is 5. The lowest BCUT2D eigenvalue weighted by molar-refractivity contribution is -0.385. The van der Waals surface area contributed by atoms with E-state index in [-0.39, 0.29) is 23.1 Å². The zero-order valence-electron chi connectivity index (χ0n) is 21.2. The second kappa shape index (κ2) is 9.81. The number of ether oxygens (including phenoxy) is 1. The second-order valence-electron chi connectivity index (χ2n) is 9.72. The van der Waals surface area contributed by atoms with E-state index in [1.165, 1.54) is 12.3 Å². The number of fused-ring (bicyclic) bond motifs is 1. The van der Waals surface area contributed by atoms with Crippen molar-refractivity contribution in [2.24, 2.45) is 7.05 Å². The zero-order chi connectivity index (χ0) is 27.1. The van der Waals surface area contributed by atoms with Gasteiger partial charge in [-0.3, -0.25) is 19.9 Å². The fourth-order valence-electron chi connectivity index (χ4n) is 4.20. The molecule has 1 N–H and O–H groups in total. The van der Waals surface area contributed by atoms with Crippen LogP contribution in [-0.4, -0.2) is 48.5 Å². The molecule has 1 aromatic carbocycles. The molecule has 0 atom stereocenters. The molecule has 3 heterocycles. The maximum absolute atomic E-state index is 13.2. The summed E-state index contributed by atoms with van der Waals surface area (Å²) in [6.07, 6.45) is 1.57. The van der Waals surface area contributed by atoms with Crippen LogP contribution in [0.25, 0.3) is 11.3 Å². The lowest BCUT2D eigenvalue weighted by Crippen LogP contribution is -2.40. The van der Waals surface area contributed by atoms with E-state index in [9.17, 15) is 19.7 Å². The highest BCUT2D eigenvalue weighted by molar-refractivity contribution is 6.36. The number of carbonyl (C=O) groups is 2. The Balaban J connectivity index is 1.58. The van der Waals surface area contributed by atoms with Crippen molar-refractivity contribution >= 4 is 35.0 Å². The lowest BCUT2D eigenvalue weighted by atomic mass is 10.0. The first-order valence-corrected chi connectivity index (χ1v) is 12.0. The zero-order valence-corrected chi connectivity index (χ0v) is 21.9. The topological polar surface area (TPSA) is 132 Å². The third-order valence-corrected chi connectivity index (χ3v) is 6.39. The van der Waals surface area contributed by atoms with Gasteiger partial charge in [0.2, 0.25) is 0 Å². The molecular formula is C25H27ClN6O5. The maximum Gasteiger partial charge on any atom is 0.410 e. The van der Waals surface area contributed by atoms with Crippen LogP contribution in [0.15, 0.2) is 30.5 Å². The number of halogens is 1. The molecule has 0 fully saturated rings. The molecule has 11 nitrogen and oxygen atoms in total. The smallest absolute Gasteiger partial charge is 0.410 e. The molecule has 4 rings (SSSR count). The van der Waals surface area contributed by atoms with Gasteiger partial charge in [0.25, 0.3) is 11.6 Å². The molecule has 0 saturated heterocycles. The molecule has 0 spiro atoms. The Morgan fingerprint density at radius 1 is 1.24 bits per heavy atom. The van der Waals surface area contributed by atoms with E-state index < -0.39 is 22.5 Å². The van der Waals surface area contributed by atoms with Crippen molar-refractivity contribution in [1.29, 1.82) is 0 Å². The van der Waals surface area contributed by atoms with Crippen LogP contribution in [-0.2, 0) is 24.8 Å². The van der Waals surface area contributed by atoms with Gasteiger partial charge in [0.15, 0.2) is 5.82 Å². The molecule has 1 aliphatic rings. The fourth-order valence-corrected chi connectivity index (χ4v) is 4.46. The van der Waals surface area contributed by atoms with Crippen LogP contribution in [0.5, 0.6) is 0 Å². The van der Waals surface area contributed by atoms with Crippen LogP contribution < -0.4 is 5.32 Å². The number of nitrogens with one attached hydrogen (secondary N) is 1. The first-order valence-electron chi connectivity index (χ1n) is 11.6. The van der Waals surface area contributed by atoms with E-state index in [1.54, 1.807) is 62.4 Å². The summed E-state index contributed by atoms with van der Waals surface area (Å²) in [6.45, 7) is 7.72. The van der Waals surface area contributed by atoms with Crippen molar-refractivity contribution in [3.63, 3.8) is 0 Å². The molecular weight excluding hydrogens is 500 g/mol. The number of nitro benzene ring substituents is 1. The van der Waals surface area contributed by atoms with Crippen LogP contribution in [0.4, 0.5) is 16.2 Å². The number of amides is 2. The van der Waals surface area contributed by atoms with Gasteiger partial charge >= 0.3 is 6.09 Å². The molecule has 0 saturated carbocycles. The number of nitro groups is 1. The van der Waals surface area contributed by atoms with Crippen molar-refractivity contribution in [3.05, 3.63) is 68.4 Å². The largest absolute Gasteiger partial charge is 0.444 e. The monoisotopic (exact) mass is 526 g/mol. The van der Waals surface area contributed by atoms with Crippen molar-refractivity contribution in [2.45, 2.75) is 46.3 Å². The van der Waals surface area contributed by atoms with Crippen molar-refractivity contribution < 1.29 is 19.2 Å². The summed E-state index contributed by atoms with van der Waals surface area (Å²) in [5, 5.41) is 14.3. The normalized spacial score (nSPS) is 13.2. The standard InChI is InChI=1S/C25H27ClN6O5/c1-14-15(7-6-8-18(14)32(35)36)21-20(26)16(9-11-27-21)29-23(33)22-28-17-13-31(12-10-19(17)30(22)5)24(34)37-25(2,3)4/h6-9,11H,10,12-13H2,1-5H3,(H,27,29,33). The quantitative estimate of drug-likeness (QED) is 0.377. The average Bonchev–Trinajstić information content (AvgIpc) is 3.15. The van der Waals surface area contributed by atoms with Gasteiger partial charge in [0.05, 0.1) is 33.6 Å². The minimum absolute atomic E-state index is 0.0520. The van der Waals surface area contributed by atoms with Gasteiger partial charge in [0.1, 0.15) is 5.60 Å². The molecule has 12 heteroatoms. The number of rotatable bonds is 4. The van der Waals surface area contributed by atoms with Crippen LogP contribution in [0.3, 0.4) is 0 Å². The first kappa shape index (κ1) is 26.1. The van der Waals surface area contributed by atoms with E-state index in [0.29, 0.717) is 41.2 Å². The predicted molar refractivity (Wildman–Crippen MR) is 138 cm³/mol. The highest BCUT2D eigenvalue weighted by Crippen LogP contribution is 2.36. The van der Waals surface area contributed by atoms with Gasteiger partial charge in [-0.2, -0.15) is 0 Å². The van der Waals surface area contributed by atoms with Crippen molar-refractivity contribution in [1.82, 2.24) is 19.4 Å². The van der Waals surface area contributed by atoms with Crippen LogP contribution in [0, 0.1) is 17.0 Å². The summed E-state index contributed by atoms with van der Waals surface area (Å²) in [6, 6.07) is 6.20. The Bertz CT molecular complexity index is 1410. The summed E-state index contributed by atoms with van der Waals surface area (Å²) in [5.41, 5.74) is 2.33. The van der Waals surface area contributed by atoms with Crippen LogP contribution >= 0.6 is 11.6 Å². The molecule has 0 unspecified atom stereocenters. The minimum atomic E-state index is -0.613. The summed E-state index contributed by atoms with van der Waals surface area (Å²) in [4.78, 5) is 46.9. The van der Waals surface area contributed by atoms with Gasteiger partial charge in [-0.1, -0.05) is 23.7 Å². The van der Waals surface area contributed by atoms with Gasteiger partial charge in [-0.25, -0.2) is 9.78 Å². The fraction of sp³-hybridized carbons (Fsp3) is 0.360. The molecule has 0 bridgehead atoms.